The summed E-state index contributed by atoms with van der Waals surface area (Å²) in [7, 11) is 1.87. The highest BCUT2D eigenvalue weighted by molar-refractivity contribution is 5.87. The number of carbonyl (C=O) groups excluding carboxylic acids is 1. The molecule has 3 nitrogen and oxygen atoms in total. The summed E-state index contributed by atoms with van der Waals surface area (Å²) < 4.78 is 12.0. The molecular formula is C20H30O3. The van der Waals surface area contributed by atoms with E-state index in [1.54, 1.807) is 0 Å². The molecule has 1 heterocycles. The Balaban J connectivity index is 1.55. The number of methoxy groups -OCH3 is 1. The maximum absolute atomic E-state index is 12.6. The summed E-state index contributed by atoms with van der Waals surface area (Å²) >= 11 is 0. The molecule has 23 heavy (non-hydrogen) atoms. The van der Waals surface area contributed by atoms with E-state index in [1.165, 1.54) is 25.7 Å². The van der Waals surface area contributed by atoms with Gasteiger partial charge in [-0.1, -0.05) is 13.8 Å². The van der Waals surface area contributed by atoms with Crippen molar-refractivity contribution in [3.8, 4) is 0 Å². The summed E-state index contributed by atoms with van der Waals surface area (Å²) in [6, 6.07) is 0. The van der Waals surface area contributed by atoms with E-state index in [2.05, 4.69) is 13.8 Å². The van der Waals surface area contributed by atoms with E-state index in [-0.39, 0.29) is 11.5 Å². The average molecular weight is 318 g/mol. The Morgan fingerprint density at radius 1 is 1.13 bits per heavy atom. The fraction of sp³-hybridized carbons (Fsp3) is 0.950. The molecule has 0 radical (unpaired) electrons. The van der Waals surface area contributed by atoms with Crippen molar-refractivity contribution in [3.05, 3.63) is 0 Å². The highest BCUT2D eigenvalue weighted by Gasteiger charge is 2.67. The van der Waals surface area contributed by atoms with Gasteiger partial charge >= 0.3 is 0 Å². The lowest BCUT2D eigenvalue weighted by atomic mass is 9.44. The zero-order valence-corrected chi connectivity index (χ0v) is 14.7. The van der Waals surface area contributed by atoms with Gasteiger partial charge in [0, 0.05) is 18.9 Å². The highest BCUT2D eigenvalue weighted by atomic mass is 16.6. The molecule has 3 heteroatoms. The molecule has 5 fully saturated rings. The van der Waals surface area contributed by atoms with Gasteiger partial charge < -0.3 is 9.47 Å². The van der Waals surface area contributed by atoms with E-state index in [4.69, 9.17) is 9.47 Å². The van der Waals surface area contributed by atoms with Crippen LogP contribution in [-0.2, 0) is 14.3 Å². The zero-order valence-electron chi connectivity index (χ0n) is 14.7. The topological polar surface area (TPSA) is 38.8 Å². The molecule has 0 N–H and O–H groups in total. The molecule has 9 unspecified atom stereocenters. The number of ketones is 1. The minimum atomic E-state index is -0.113. The summed E-state index contributed by atoms with van der Waals surface area (Å²) in [5.74, 6) is 3.13. The van der Waals surface area contributed by atoms with Gasteiger partial charge in [0.25, 0.3) is 0 Å². The van der Waals surface area contributed by atoms with Crippen LogP contribution in [0.4, 0.5) is 0 Å². The molecule has 0 spiro atoms. The molecule has 0 amide bonds. The van der Waals surface area contributed by atoms with Crippen LogP contribution in [0.3, 0.4) is 0 Å². The summed E-state index contributed by atoms with van der Waals surface area (Å²) in [6.45, 7) is 4.77. The second-order valence-corrected chi connectivity index (χ2v) is 9.52. The predicted molar refractivity (Wildman–Crippen MR) is 87.0 cm³/mol. The molecule has 4 saturated carbocycles. The van der Waals surface area contributed by atoms with Gasteiger partial charge in [-0.2, -0.15) is 0 Å². The molecule has 128 valence electrons. The van der Waals surface area contributed by atoms with Crippen LogP contribution in [0, 0.1) is 34.5 Å². The lowest BCUT2D eigenvalue weighted by molar-refractivity contribution is -0.174. The van der Waals surface area contributed by atoms with E-state index >= 15 is 0 Å². The maximum atomic E-state index is 12.6. The van der Waals surface area contributed by atoms with Gasteiger partial charge in [0.2, 0.25) is 0 Å². The van der Waals surface area contributed by atoms with Gasteiger partial charge in [0.05, 0.1) is 18.3 Å². The van der Waals surface area contributed by atoms with Gasteiger partial charge in [-0.15, -0.1) is 0 Å². The quantitative estimate of drug-likeness (QED) is 0.693. The Morgan fingerprint density at radius 3 is 2.74 bits per heavy atom. The number of carbonyl (C=O) groups is 1. The van der Waals surface area contributed by atoms with E-state index < -0.39 is 0 Å². The molecule has 0 aromatic carbocycles. The summed E-state index contributed by atoms with van der Waals surface area (Å²) in [6.07, 6.45) is 9.33. The largest absolute Gasteiger partial charge is 0.381 e. The van der Waals surface area contributed by atoms with Crippen molar-refractivity contribution in [2.45, 2.75) is 77.1 Å². The number of Topliss-reactive ketones (excluding diaryl/α,β-unsaturated/α-hetero) is 1. The Morgan fingerprint density at radius 2 is 1.96 bits per heavy atom. The molecule has 0 aromatic heterocycles. The molecule has 0 aromatic rings. The van der Waals surface area contributed by atoms with Crippen molar-refractivity contribution in [2.24, 2.45) is 34.5 Å². The number of fused-ring (bicyclic) bond motifs is 7. The van der Waals surface area contributed by atoms with E-state index in [0.29, 0.717) is 41.2 Å². The van der Waals surface area contributed by atoms with Crippen LogP contribution in [0.15, 0.2) is 0 Å². The highest BCUT2D eigenvalue weighted by Crippen LogP contribution is 2.67. The van der Waals surface area contributed by atoms with Crippen LogP contribution in [0.2, 0.25) is 0 Å². The van der Waals surface area contributed by atoms with Gasteiger partial charge in [-0.3, -0.25) is 4.79 Å². The normalized spacial score (nSPS) is 60.5. The Bertz CT molecular complexity index is 545. The molecular weight excluding hydrogens is 288 g/mol. The maximum Gasteiger partial charge on any atom is 0.139 e. The smallest absolute Gasteiger partial charge is 0.139 e. The van der Waals surface area contributed by atoms with Crippen molar-refractivity contribution in [1.29, 1.82) is 0 Å². The van der Waals surface area contributed by atoms with Crippen molar-refractivity contribution >= 4 is 5.78 Å². The first-order chi connectivity index (χ1) is 11.0. The third-order valence-electron chi connectivity index (χ3n) is 8.85. The predicted octanol–water partition coefficient (Wildman–Crippen LogP) is 3.60. The van der Waals surface area contributed by atoms with Gasteiger partial charge in [-0.05, 0) is 67.6 Å². The van der Waals surface area contributed by atoms with Crippen molar-refractivity contribution in [1.82, 2.24) is 0 Å². The zero-order chi connectivity index (χ0) is 16.0. The fourth-order valence-electron chi connectivity index (χ4n) is 7.68. The third kappa shape index (κ3) is 1.76. The Kier molecular flexibility index (Phi) is 2.98. The third-order valence-corrected chi connectivity index (χ3v) is 8.85. The van der Waals surface area contributed by atoms with Crippen LogP contribution in [0.1, 0.15) is 58.8 Å². The van der Waals surface area contributed by atoms with Crippen LogP contribution in [0.5, 0.6) is 0 Å². The first-order valence-electron chi connectivity index (χ1n) is 9.70. The molecule has 9 atom stereocenters. The number of rotatable bonds is 1. The van der Waals surface area contributed by atoms with Gasteiger partial charge in [0.1, 0.15) is 5.78 Å². The number of hydrogen-bond acceptors (Lipinski definition) is 3. The minimum Gasteiger partial charge on any atom is -0.381 e. The molecule has 5 aliphatic rings. The molecule has 0 bridgehead atoms. The molecule has 1 aliphatic heterocycles. The van der Waals surface area contributed by atoms with E-state index in [1.807, 2.05) is 7.11 Å². The second kappa shape index (κ2) is 4.60. The average Bonchev–Trinajstić information content (AvgIpc) is 3.25. The molecule has 5 rings (SSSR count). The standard InChI is InChI=1S/C20H30O3/c1-19-9-8-14-18(23-14)13(19)5-4-11-12-6-7-16(21)20(12,2)10-15(22-3)17(11)19/h11-15,17-18H,4-10H2,1-3H3. The van der Waals surface area contributed by atoms with Crippen molar-refractivity contribution in [3.63, 3.8) is 0 Å². The first kappa shape index (κ1) is 14.9. The second-order valence-electron chi connectivity index (χ2n) is 9.52. The van der Waals surface area contributed by atoms with Crippen molar-refractivity contribution < 1.29 is 14.3 Å². The van der Waals surface area contributed by atoms with Crippen LogP contribution in [-0.4, -0.2) is 31.2 Å². The van der Waals surface area contributed by atoms with E-state index in [0.717, 1.165) is 25.2 Å². The van der Waals surface area contributed by atoms with Crippen LogP contribution in [0.25, 0.3) is 0 Å². The van der Waals surface area contributed by atoms with Crippen molar-refractivity contribution in [2.75, 3.05) is 7.11 Å². The summed E-state index contributed by atoms with van der Waals surface area (Å²) in [5.41, 5.74) is 0.243. The minimum absolute atomic E-state index is 0.113. The lowest BCUT2D eigenvalue weighted by Gasteiger charge is -2.61. The number of ether oxygens (including phenoxy) is 2. The monoisotopic (exact) mass is 318 g/mol. The lowest BCUT2D eigenvalue weighted by Crippen LogP contribution is -2.59. The SMILES string of the molecule is COC1CC2(C)C(=O)CCC2C2CCC3C4OC4CCC3(C)C12. The fourth-order valence-corrected chi connectivity index (χ4v) is 7.68. The van der Waals surface area contributed by atoms with Gasteiger partial charge in [0.15, 0.2) is 0 Å². The summed E-state index contributed by atoms with van der Waals surface area (Å²) in [4.78, 5) is 12.6. The van der Waals surface area contributed by atoms with Gasteiger partial charge in [-0.25, -0.2) is 0 Å². The van der Waals surface area contributed by atoms with Crippen LogP contribution < -0.4 is 0 Å². The molecule has 1 saturated heterocycles. The number of hydrogen-bond donors (Lipinski definition) is 0. The summed E-state index contributed by atoms with van der Waals surface area (Å²) in [5, 5.41) is 0. The Hall–Kier alpha value is -0.410. The Labute approximate surface area is 139 Å². The first-order valence-corrected chi connectivity index (χ1v) is 9.70. The van der Waals surface area contributed by atoms with E-state index in [9.17, 15) is 4.79 Å². The number of epoxide rings is 1. The van der Waals surface area contributed by atoms with Crippen LogP contribution >= 0.6 is 0 Å². The molecule has 4 aliphatic carbocycles.